The van der Waals surface area contributed by atoms with Gasteiger partial charge in [-0.15, -0.1) is 0 Å². The van der Waals surface area contributed by atoms with Crippen molar-refractivity contribution in [2.45, 2.75) is 6.42 Å². The molecule has 1 amide bonds. The minimum Gasteiger partial charge on any atom is -0.611 e. The Morgan fingerprint density at radius 3 is 3.05 bits per heavy atom. The number of hydrogen-bond donors (Lipinski definition) is 1. The summed E-state index contributed by atoms with van der Waals surface area (Å²) in [6.45, 7) is 0.583. The third-order valence-corrected chi connectivity index (χ3v) is 4.35. The molecule has 1 aliphatic heterocycles. The molecule has 1 aromatic carbocycles. The molecule has 1 unspecified atom stereocenters. The van der Waals surface area contributed by atoms with E-state index in [1.54, 1.807) is 18.2 Å². The Labute approximate surface area is 120 Å². The zero-order chi connectivity index (χ0) is 13.7. The lowest BCUT2D eigenvalue weighted by Gasteiger charge is -2.07. The van der Waals surface area contributed by atoms with Gasteiger partial charge in [0.1, 0.15) is 5.75 Å². The van der Waals surface area contributed by atoms with E-state index in [1.165, 1.54) is 0 Å². The summed E-state index contributed by atoms with van der Waals surface area (Å²) in [6, 6.07) is 7.38. The highest BCUT2D eigenvalue weighted by Gasteiger charge is 2.24. The fraction of sp³-hybridized carbons (Fsp3) is 0.214. The number of carbonyl (C=O) groups is 1. The minimum absolute atomic E-state index is 0.244. The van der Waals surface area contributed by atoms with E-state index in [2.05, 4.69) is 5.32 Å². The van der Waals surface area contributed by atoms with Crippen molar-refractivity contribution < 1.29 is 9.35 Å². The van der Waals surface area contributed by atoms with Gasteiger partial charge in [-0.3, -0.25) is 4.79 Å². The molecular weight excluding hydrogens is 282 g/mol. The predicted molar refractivity (Wildman–Crippen MR) is 79.2 cm³/mol. The van der Waals surface area contributed by atoms with Gasteiger partial charge < -0.3 is 9.87 Å². The third kappa shape index (κ3) is 4.13. The second kappa shape index (κ2) is 6.80. The number of halogens is 1. The van der Waals surface area contributed by atoms with Gasteiger partial charge in [-0.1, -0.05) is 35.9 Å². The maximum atomic E-state index is 11.8. The molecule has 1 aromatic rings. The summed E-state index contributed by atoms with van der Waals surface area (Å²) in [4.78, 5) is 12.0. The molecule has 1 heterocycles. The van der Waals surface area contributed by atoms with E-state index >= 15 is 0 Å². The van der Waals surface area contributed by atoms with Gasteiger partial charge in [0.05, 0.1) is 0 Å². The van der Waals surface area contributed by atoms with Crippen molar-refractivity contribution in [3.63, 3.8) is 0 Å². The first-order valence-corrected chi connectivity index (χ1v) is 7.67. The van der Waals surface area contributed by atoms with Crippen molar-refractivity contribution in [3.05, 3.63) is 51.9 Å². The first-order valence-electron chi connectivity index (χ1n) is 5.97. The van der Waals surface area contributed by atoms with Crippen LogP contribution >= 0.6 is 11.6 Å². The molecule has 5 heteroatoms. The summed E-state index contributed by atoms with van der Waals surface area (Å²) in [5.74, 6) is 0.279. The number of amides is 1. The van der Waals surface area contributed by atoms with Gasteiger partial charge in [-0.25, -0.2) is 0 Å². The maximum Gasteiger partial charge on any atom is 0.299 e. The Bertz CT molecular complexity index is 528. The lowest BCUT2D eigenvalue weighted by Crippen LogP contribution is -2.25. The predicted octanol–water partition coefficient (Wildman–Crippen LogP) is 2.51. The molecule has 3 nitrogen and oxygen atoms in total. The van der Waals surface area contributed by atoms with Crippen molar-refractivity contribution in [3.8, 4) is 0 Å². The molecular formula is C14H14ClNO2S. The van der Waals surface area contributed by atoms with Gasteiger partial charge in [0.25, 0.3) is 5.91 Å². The van der Waals surface area contributed by atoms with Crippen LogP contribution in [0.4, 0.5) is 0 Å². The van der Waals surface area contributed by atoms with E-state index in [-0.39, 0.29) is 5.91 Å². The lowest BCUT2D eigenvalue weighted by molar-refractivity contribution is -0.116. The Hall–Kier alpha value is -1.23. The van der Waals surface area contributed by atoms with Gasteiger partial charge in [0.2, 0.25) is 4.91 Å². The van der Waals surface area contributed by atoms with Crippen molar-refractivity contribution >= 4 is 34.8 Å². The maximum absolute atomic E-state index is 11.8. The topological polar surface area (TPSA) is 52.2 Å². The second-order valence-electron chi connectivity index (χ2n) is 4.10. The molecule has 1 aliphatic rings. The van der Waals surface area contributed by atoms with Gasteiger partial charge in [-0.05, 0) is 34.9 Å². The highest BCUT2D eigenvalue weighted by molar-refractivity contribution is 7.96. The minimum atomic E-state index is -1.22. The average molecular weight is 296 g/mol. The quantitative estimate of drug-likeness (QED) is 0.673. The molecule has 0 bridgehead atoms. The summed E-state index contributed by atoms with van der Waals surface area (Å²) in [5.41, 5.74) is 0.934. The second-order valence-corrected chi connectivity index (χ2v) is 6.08. The molecule has 0 spiro atoms. The fourth-order valence-corrected chi connectivity index (χ4v) is 3.05. The Morgan fingerprint density at radius 2 is 2.26 bits per heavy atom. The lowest BCUT2D eigenvalue weighted by atomic mass is 10.2. The summed E-state index contributed by atoms with van der Waals surface area (Å²) < 4.78 is 11.8. The molecule has 1 saturated heterocycles. The van der Waals surface area contributed by atoms with E-state index in [4.69, 9.17) is 11.6 Å². The summed E-state index contributed by atoms with van der Waals surface area (Å²) >= 11 is 4.66. The normalized spacial score (nSPS) is 22.5. The van der Waals surface area contributed by atoms with Gasteiger partial charge in [0.15, 0.2) is 0 Å². The van der Waals surface area contributed by atoms with Crippen LogP contribution in [0.3, 0.4) is 0 Å². The van der Waals surface area contributed by atoms with Crippen LogP contribution in [0.15, 0.2) is 41.3 Å². The van der Waals surface area contributed by atoms with Crippen LogP contribution in [-0.4, -0.2) is 22.8 Å². The van der Waals surface area contributed by atoms with E-state index < -0.39 is 11.2 Å². The highest BCUT2D eigenvalue weighted by atomic mass is 35.5. The van der Waals surface area contributed by atoms with E-state index in [1.807, 2.05) is 24.3 Å². The number of rotatable bonds is 2. The molecule has 1 atom stereocenters. The van der Waals surface area contributed by atoms with Crippen molar-refractivity contribution in [1.29, 1.82) is 0 Å². The molecule has 1 fully saturated rings. The summed E-state index contributed by atoms with van der Waals surface area (Å²) in [6.07, 6.45) is 5.91. The number of carbonyl (C=O) groups excluding carboxylic acids is 1. The van der Waals surface area contributed by atoms with E-state index in [9.17, 15) is 9.35 Å². The van der Waals surface area contributed by atoms with Crippen LogP contribution in [0.2, 0.25) is 5.02 Å². The summed E-state index contributed by atoms with van der Waals surface area (Å²) in [5, 5.41) is 3.39. The van der Waals surface area contributed by atoms with Crippen LogP contribution in [0.25, 0.3) is 6.08 Å². The molecule has 100 valence electrons. The highest BCUT2D eigenvalue weighted by Crippen LogP contribution is 2.15. The Morgan fingerprint density at radius 1 is 1.42 bits per heavy atom. The average Bonchev–Trinajstić information content (AvgIpc) is 2.53. The van der Waals surface area contributed by atoms with Crippen molar-refractivity contribution in [2.24, 2.45) is 0 Å². The molecule has 19 heavy (non-hydrogen) atoms. The number of benzene rings is 1. The number of hydrogen-bond acceptors (Lipinski definition) is 2. The zero-order valence-electron chi connectivity index (χ0n) is 10.3. The van der Waals surface area contributed by atoms with Crippen LogP contribution in [0.5, 0.6) is 0 Å². The Kier molecular flexibility index (Phi) is 5.07. The molecule has 1 N–H and O–H groups in total. The van der Waals surface area contributed by atoms with E-state index in [0.717, 1.165) is 12.0 Å². The van der Waals surface area contributed by atoms with Gasteiger partial charge in [0, 0.05) is 18.0 Å². The molecule has 0 saturated carbocycles. The summed E-state index contributed by atoms with van der Waals surface area (Å²) in [7, 11) is 0. The van der Waals surface area contributed by atoms with E-state index in [0.29, 0.717) is 22.2 Å². The molecule has 0 radical (unpaired) electrons. The molecule has 2 rings (SSSR count). The van der Waals surface area contributed by atoms with Gasteiger partial charge >= 0.3 is 0 Å². The first kappa shape index (κ1) is 14.2. The molecule has 0 aromatic heterocycles. The van der Waals surface area contributed by atoms with Crippen LogP contribution < -0.4 is 5.32 Å². The van der Waals surface area contributed by atoms with Crippen LogP contribution in [-0.2, 0) is 16.0 Å². The standard InChI is InChI=1S/C14H14ClNO2S/c15-12-6-1-4-11(10-12)5-2-7-13-14(17)16-8-3-9-19(13)18/h1-2,4-7,10H,3,8-9H2,(H,16,17)/b5-2+,13-7+. The van der Waals surface area contributed by atoms with Crippen LogP contribution in [0, 0.1) is 0 Å². The number of allylic oxidation sites excluding steroid dienone is 2. The van der Waals surface area contributed by atoms with Crippen LogP contribution in [0.1, 0.15) is 12.0 Å². The monoisotopic (exact) mass is 295 g/mol. The fourth-order valence-electron chi connectivity index (χ4n) is 1.71. The van der Waals surface area contributed by atoms with Crippen molar-refractivity contribution in [2.75, 3.05) is 12.3 Å². The molecule has 0 aliphatic carbocycles. The Balaban J connectivity index is 2.13. The third-order valence-electron chi connectivity index (χ3n) is 2.65. The van der Waals surface area contributed by atoms with Crippen molar-refractivity contribution in [1.82, 2.24) is 5.32 Å². The number of nitrogens with one attached hydrogen (secondary N) is 1. The zero-order valence-corrected chi connectivity index (χ0v) is 11.8. The first-order chi connectivity index (χ1) is 9.16. The smallest absolute Gasteiger partial charge is 0.299 e. The van der Waals surface area contributed by atoms with Gasteiger partial charge in [-0.2, -0.15) is 0 Å². The largest absolute Gasteiger partial charge is 0.611 e. The SMILES string of the molecule is O=C1NCCC[S+]([O-])/C1=C/C=C/c1cccc(Cl)c1.